The molecule has 7 heteroatoms. The van der Waals surface area contributed by atoms with Gasteiger partial charge in [0.2, 0.25) is 0 Å². The van der Waals surface area contributed by atoms with E-state index >= 15 is 0 Å². The fourth-order valence-corrected chi connectivity index (χ4v) is 2.98. The molecule has 3 aromatic carbocycles. The average Bonchev–Trinajstić information content (AvgIpc) is 2.74. The Bertz CT molecular complexity index is 1200. The van der Waals surface area contributed by atoms with Crippen LogP contribution in [-0.2, 0) is 4.79 Å². The number of nitrogens with zero attached hydrogens (tertiary/aromatic N) is 1. The summed E-state index contributed by atoms with van der Waals surface area (Å²) in [6.45, 7) is 0. The Morgan fingerprint density at radius 2 is 1.77 bits per heavy atom. The van der Waals surface area contributed by atoms with Crippen molar-refractivity contribution in [3.05, 3.63) is 90.5 Å². The summed E-state index contributed by atoms with van der Waals surface area (Å²) in [4.78, 5) is 24.8. The largest absolute Gasteiger partial charge is 1.00 e. The molecule has 1 aliphatic rings. The summed E-state index contributed by atoms with van der Waals surface area (Å²) in [5, 5.41) is 19.0. The van der Waals surface area contributed by atoms with E-state index in [4.69, 9.17) is 0 Å². The van der Waals surface area contributed by atoms with Gasteiger partial charge in [0.15, 0.2) is 5.75 Å². The number of allylic oxidation sites excluding steroid dienone is 4. The molecule has 0 fully saturated rings. The Kier molecular flexibility index (Phi) is 6.84. The quantitative estimate of drug-likeness (QED) is 0.199. The summed E-state index contributed by atoms with van der Waals surface area (Å²) >= 11 is 0. The molecule has 0 saturated heterocycles. The van der Waals surface area contributed by atoms with Crippen LogP contribution in [0.1, 0.15) is 10.4 Å². The van der Waals surface area contributed by atoms with Gasteiger partial charge < -0.3 is 15.2 Å². The molecule has 0 saturated carbocycles. The molecule has 1 aliphatic carbocycles. The number of benzene rings is 3. The number of para-hydroxylation sites is 1. The third kappa shape index (κ3) is 4.52. The molecule has 3 N–H and O–H groups in total. The monoisotopic (exact) mass is 405 g/mol. The predicted molar refractivity (Wildman–Crippen MR) is 113 cm³/mol. The summed E-state index contributed by atoms with van der Waals surface area (Å²) in [6.07, 6.45) is 7.07. The van der Waals surface area contributed by atoms with Crippen LogP contribution in [0.5, 0.6) is 5.75 Å². The van der Waals surface area contributed by atoms with Gasteiger partial charge in [-0.25, -0.2) is 5.10 Å². The molecule has 0 atom stereocenters. The predicted octanol–water partition coefficient (Wildman–Crippen LogP) is 1.07. The smallest absolute Gasteiger partial charge is 0.505 e. The third-order valence-electron chi connectivity index (χ3n) is 4.38. The first-order chi connectivity index (χ1) is 14.1. The molecule has 4 rings (SSSR count). The van der Waals surface area contributed by atoms with Gasteiger partial charge in [-0.1, -0.05) is 42.5 Å². The maximum Gasteiger partial charge on any atom is 1.00 e. The van der Waals surface area contributed by atoms with Crippen LogP contribution >= 0.6 is 0 Å². The van der Waals surface area contributed by atoms with Gasteiger partial charge in [0.1, 0.15) is 0 Å². The Hall–Kier alpha value is -3.19. The van der Waals surface area contributed by atoms with E-state index in [1.165, 1.54) is 18.2 Å². The van der Waals surface area contributed by atoms with Crippen LogP contribution in [0.15, 0.2) is 84.0 Å². The molecular weight excluding hydrogens is 389 g/mol. The van der Waals surface area contributed by atoms with Crippen LogP contribution in [0.2, 0.25) is 0 Å². The summed E-state index contributed by atoms with van der Waals surface area (Å²) in [6, 6.07) is 17.9. The number of phenolic OH excluding ortho intramolecular Hbond substituents is 1. The molecule has 0 aliphatic heterocycles. The van der Waals surface area contributed by atoms with Crippen LogP contribution in [0, 0.1) is 6.08 Å². The number of aromatic hydroxyl groups is 1. The van der Waals surface area contributed by atoms with E-state index in [1.807, 2.05) is 30.3 Å². The molecule has 30 heavy (non-hydrogen) atoms. The Morgan fingerprint density at radius 1 is 1.03 bits per heavy atom. The second kappa shape index (κ2) is 9.54. The number of amides is 1. The Labute approximate surface area is 195 Å². The third-order valence-corrected chi connectivity index (χ3v) is 4.38. The Morgan fingerprint density at radius 3 is 2.53 bits per heavy atom. The second-order valence-corrected chi connectivity index (χ2v) is 6.31. The van der Waals surface area contributed by atoms with Gasteiger partial charge in [0.05, 0.1) is 17.0 Å². The van der Waals surface area contributed by atoms with E-state index in [-0.39, 0.29) is 58.1 Å². The van der Waals surface area contributed by atoms with Gasteiger partial charge in [-0.3, -0.25) is 10.2 Å². The molecule has 0 bridgehead atoms. The number of hydrogen-bond acceptors (Lipinski definition) is 5. The van der Waals surface area contributed by atoms with Gasteiger partial charge in [-0.15, -0.1) is 12.2 Å². The fraction of sp³-hybridized carbons (Fsp3) is 0. The van der Waals surface area contributed by atoms with E-state index < -0.39 is 5.91 Å². The van der Waals surface area contributed by atoms with E-state index in [2.05, 4.69) is 21.9 Å². The summed E-state index contributed by atoms with van der Waals surface area (Å²) < 4.78 is 0. The van der Waals surface area contributed by atoms with Gasteiger partial charge in [-0.05, 0) is 29.0 Å². The van der Waals surface area contributed by atoms with Crippen LogP contribution < -0.4 is 40.3 Å². The zero-order chi connectivity index (χ0) is 20.2. The van der Waals surface area contributed by atoms with Crippen molar-refractivity contribution in [1.29, 1.82) is 0 Å². The minimum absolute atomic E-state index is 0. The first-order valence-corrected chi connectivity index (χ1v) is 8.88. The second-order valence-electron chi connectivity index (χ2n) is 6.31. The van der Waals surface area contributed by atoms with Gasteiger partial charge in [0, 0.05) is 11.4 Å². The normalized spacial score (nSPS) is 13.9. The number of hydrazone groups is 1. The minimum Gasteiger partial charge on any atom is -0.505 e. The van der Waals surface area contributed by atoms with Crippen molar-refractivity contribution in [3.8, 4) is 5.75 Å². The van der Waals surface area contributed by atoms with Gasteiger partial charge in [-0.2, -0.15) is 12.2 Å². The number of rotatable bonds is 4. The molecule has 0 aromatic heterocycles. The van der Waals surface area contributed by atoms with Gasteiger partial charge >= 0.3 is 29.6 Å². The molecule has 0 heterocycles. The number of nitrogens with one attached hydrogen (secondary N) is 2. The standard InChI is InChI=1S/C23H16N3O3.Na/c27-20-13-7-6-12-18(20)25-26-19-14-15-8-4-5-11-17(15)21(22(19)28)23(29)24-16-9-2-1-3-10-16;/h1-5,7-14,26,28H,(H,24,29);/q-1;+1/b25-18-;. The number of carbonyl (C=O) groups is 2. The first-order valence-electron chi connectivity index (χ1n) is 8.88. The number of fused-ring (bicyclic) bond motifs is 1. The number of hydrogen-bond donors (Lipinski definition) is 3. The topological polar surface area (TPSA) is 90.8 Å². The van der Waals surface area contributed by atoms with Crippen molar-refractivity contribution in [1.82, 2.24) is 0 Å². The van der Waals surface area contributed by atoms with Gasteiger partial charge in [0.25, 0.3) is 5.91 Å². The van der Waals surface area contributed by atoms with Crippen molar-refractivity contribution in [2.45, 2.75) is 0 Å². The molecule has 3 aromatic rings. The molecule has 1 amide bonds. The van der Waals surface area contributed by atoms with E-state index in [1.54, 1.807) is 30.3 Å². The molecule has 6 nitrogen and oxygen atoms in total. The number of ketones is 1. The van der Waals surface area contributed by atoms with E-state index in [0.717, 1.165) is 5.39 Å². The number of phenols is 1. The molecule has 0 spiro atoms. The zero-order valence-electron chi connectivity index (χ0n) is 16.2. The van der Waals surface area contributed by atoms with Crippen LogP contribution in [0.3, 0.4) is 0 Å². The van der Waals surface area contributed by atoms with Crippen LogP contribution in [-0.4, -0.2) is 22.5 Å². The van der Waals surface area contributed by atoms with Crippen LogP contribution in [0.25, 0.3) is 10.8 Å². The maximum absolute atomic E-state index is 12.9. The minimum atomic E-state index is -0.453. The molecular formula is C23H16N3NaO3. The first kappa shape index (κ1) is 21.5. The maximum atomic E-state index is 12.9. The summed E-state index contributed by atoms with van der Waals surface area (Å²) in [7, 11) is 0. The SMILES string of the molecule is O=C1C=C[C-]=C/C1=N/Nc1cc2ccccc2c(C(=O)Nc2ccccc2)c1O.[Na+]. The van der Waals surface area contributed by atoms with Crippen LogP contribution in [0.4, 0.5) is 11.4 Å². The zero-order valence-corrected chi connectivity index (χ0v) is 18.2. The number of carbonyl (C=O) groups excluding carboxylic acids is 2. The average molecular weight is 405 g/mol. The van der Waals surface area contributed by atoms with E-state index in [9.17, 15) is 14.7 Å². The summed E-state index contributed by atoms with van der Waals surface area (Å²) in [5.74, 6) is -0.988. The van der Waals surface area contributed by atoms with Crippen molar-refractivity contribution >= 4 is 39.5 Å². The van der Waals surface area contributed by atoms with Crippen molar-refractivity contribution in [2.75, 3.05) is 10.7 Å². The Balaban J connectivity index is 0.00000256. The van der Waals surface area contributed by atoms with Crippen molar-refractivity contribution < 1.29 is 44.3 Å². The number of anilines is 2. The van der Waals surface area contributed by atoms with E-state index in [0.29, 0.717) is 11.1 Å². The summed E-state index contributed by atoms with van der Waals surface area (Å²) in [5.41, 5.74) is 3.79. The van der Waals surface area contributed by atoms with Crippen molar-refractivity contribution in [3.63, 3.8) is 0 Å². The molecule has 142 valence electrons. The molecule has 0 unspecified atom stereocenters. The van der Waals surface area contributed by atoms with Crippen molar-refractivity contribution in [2.24, 2.45) is 5.10 Å². The molecule has 0 radical (unpaired) electrons. The fourth-order valence-electron chi connectivity index (χ4n) is 2.98.